The van der Waals surface area contributed by atoms with E-state index in [0.29, 0.717) is 6.42 Å². The molecule has 0 aliphatic heterocycles. The van der Waals surface area contributed by atoms with Crippen LogP contribution in [0.1, 0.15) is 19.8 Å². The summed E-state index contributed by atoms with van der Waals surface area (Å²) in [6.07, 6.45) is 3.24. The zero-order valence-electron chi connectivity index (χ0n) is 10.0. The first-order valence-corrected chi connectivity index (χ1v) is 7.01. The van der Waals surface area contributed by atoms with Crippen LogP contribution in [0.15, 0.2) is 29.4 Å². The average Bonchev–Trinajstić information content (AvgIpc) is 2.35. The van der Waals surface area contributed by atoms with Crippen molar-refractivity contribution in [3.63, 3.8) is 0 Å². The first-order chi connectivity index (χ1) is 8.42. The van der Waals surface area contributed by atoms with Crippen molar-refractivity contribution in [3.05, 3.63) is 24.5 Å². The Labute approximate surface area is 106 Å². The summed E-state index contributed by atoms with van der Waals surface area (Å²) in [5.74, 6) is -0.912. The first kappa shape index (κ1) is 14.6. The largest absolute Gasteiger partial charge is 0.481 e. The molecule has 6 nitrogen and oxygen atoms in total. The van der Waals surface area contributed by atoms with E-state index in [1.54, 1.807) is 13.0 Å². The lowest BCUT2D eigenvalue weighted by Crippen LogP contribution is -2.28. The second-order valence-electron chi connectivity index (χ2n) is 4.08. The smallest absolute Gasteiger partial charge is 0.303 e. The molecular weight excluding hydrogens is 256 g/mol. The van der Waals surface area contributed by atoms with Crippen LogP contribution in [-0.4, -0.2) is 31.0 Å². The molecule has 1 aromatic rings. The van der Waals surface area contributed by atoms with Crippen LogP contribution in [0, 0.1) is 5.92 Å². The van der Waals surface area contributed by atoms with E-state index < -0.39 is 16.0 Å². The van der Waals surface area contributed by atoms with Crippen LogP contribution in [0.3, 0.4) is 0 Å². The highest BCUT2D eigenvalue weighted by atomic mass is 32.2. The molecule has 2 N–H and O–H groups in total. The molecule has 1 rings (SSSR count). The summed E-state index contributed by atoms with van der Waals surface area (Å²) in [6, 6.07) is 3.00. The fraction of sp³-hybridized carbons (Fsp3) is 0.455. The monoisotopic (exact) mass is 272 g/mol. The van der Waals surface area contributed by atoms with Gasteiger partial charge in [0.05, 0.1) is 0 Å². The molecule has 18 heavy (non-hydrogen) atoms. The highest BCUT2D eigenvalue weighted by molar-refractivity contribution is 7.89. The number of carboxylic acids is 1. The topological polar surface area (TPSA) is 96.4 Å². The number of hydrogen-bond acceptors (Lipinski definition) is 4. The summed E-state index contributed by atoms with van der Waals surface area (Å²) in [6.45, 7) is 2.01. The fourth-order valence-corrected chi connectivity index (χ4v) is 2.44. The van der Waals surface area contributed by atoms with Crippen LogP contribution in [0.2, 0.25) is 0 Å². The fourth-order valence-electron chi connectivity index (χ4n) is 1.31. The lowest BCUT2D eigenvalue weighted by Gasteiger charge is -2.11. The quantitative estimate of drug-likeness (QED) is 0.767. The number of aliphatic carboxylic acids is 1. The van der Waals surface area contributed by atoms with Crippen molar-refractivity contribution in [3.8, 4) is 0 Å². The van der Waals surface area contributed by atoms with Crippen LogP contribution in [0.4, 0.5) is 0 Å². The zero-order valence-corrected chi connectivity index (χ0v) is 10.9. The number of sulfonamides is 1. The number of nitrogens with zero attached hydrogens (tertiary/aromatic N) is 1. The third-order valence-electron chi connectivity index (χ3n) is 2.42. The average molecular weight is 272 g/mol. The Hall–Kier alpha value is -1.47. The molecule has 1 atom stereocenters. The molecule has 0 aliphatic rings. The number of nitrogens with one attached hydrogen (secondary N) is 1. The first-order valence-electron chi connectivity index (χ1n) is 5.53. The maximum absolute atomic E-state index is 11.8. The Bertz CT molecular complexity index is 487. The van der Waals surface area contributed by atoms with Crippen molar-refractivity contribution < 1.29 is 18.3 Å². The zero-order chi connectivity index (χ0) is 13.6. The van der Waals surface area contributed by atoms with Gasteiger partial charge in [0.1, 0.15) is 4.90 Å². The normalized spacial score (nSPS) is 13.2. The van der Waals surface area contributed by atoms with Crippen molar-refractivity contribution in [2.75, 3.05) is 6.54 Å². The van der Waals surface area contributed by atoms with E-state index in [0.717, 1.165) is 0 Å². The van der Waals surface area contributed by atoms with E-state index in [-0.39, 0.29) is 23.8 Å². The van der Waals surface area contributed by atoms with Gasteiger partial charge in [-0.15, -0.1) is 0 Å². The molecule has 0 spiro atoms. The molecular formula is C11H16N2O4S. The van der Waals surface area contributed by atoms with Crippen LogP contribution in [0.5, 0.6) is 0 Å². The number of hydrogen-bond donors (Lipinski definition) is 2. The maximum atomic E-state index is 11.8. The third-order valence-corrected chi connectivity index (χ3v) is 3.83. The third kappa shape index (κ3) is 4.80. The molecule has 0 amide bonds. The van der Waals surface area contributed by atoms with Crippen molar-refractivity contribution in [2.45, 2.75) is 24.7 Å². The SMILES string of the molecule is CC(CCC(=O)O)CNS(=O)(=O)c1cccnc1. The van der Waals surface area contributed by atoms with Gasteiger partial charge in [0, 0.05) is 25.4 Å². The van der Waals surface area contributed by atoms with Gasteiger partial charge in [-0.2, -0.15) is 0 Å². The van der Waals surface area contributed by atoms with Crippen LogP contribution in [-0.2, 0) is 14.8 Å². The summed E-state index contributed by atoms with van der Waals surface area (Å²) in [4.78, 5) is 14.2. The minimum absolute atomic E-state index is 0.0347. The van der Waals surface area contributed by atoms with Gasteiger partial charge in [0.2, 0.25) is 10.0 Å². The summed E-state index contributed by atoms with van der Waals surface area (Å²) < 4.78 is 26.1. The van der Waals surface area contributed by atoms with Crippen LogP contribution < -0.4 is 4.72 Å². The van der Waals surface area contributed by atoms with E-state index in [1.807, 2.05) is 0 Å². The maximum Gasteiger partial charge on any atom is 0.303 e. The number of rotatable bonds is 7. The van der Waals surface area contributed by atoms with Crippen LogP contribution >= 0.6 is 0 Å². The molecule has 0 bridgehead atoms. The standard InChI is InChI=1S/C11H16N2O4S/c1-9(4-5-11(14)15)7-13-18(16,17)10-3-2-6-12-8-10/h2-3,6,8-9,13H,4-5,7H2,1H3,(H,14,15). The van der Waals surface area contributed by atoms with Gasteiger partial charge in [-0.05, 0) is 24.5 Å². The van der Waals surface area contributed by atoms with Gasteiger partial charge < -0.3 is 5.11 Å². The summed E-state index contributed by atoms with van der Waals surface area (Å²) in [5, 5.41) is 8.52. The van der Waals surface area contributed by atoms with Gasteiger partial charge in [-0.3, -0.25) is 9.78 Å². The number of aromatic nitrogens is 1. The molecule has 1 aromatic heterocycles. The van der Waals surface area contributed by atoms with E-state index in [1.165, 1.54) is 18.5 Å². The van der Waals surface area contributed by atoms with E-state index in [2.05, 4.69) is 9.71 Å². The molecule has 100 valence electrons. The number of carboxylic acid groups (broad SMARTS) is 1. The highest BCUT2D eigenvalue weighted by Crippen LogP contribution is 2.08. The molecule has 0 aliphatic carbocycles. The highest BCUT2D eigenvalue weighted by Gasteiger charge is 2.15. The number of pyridine rings is 1. The predicted molar refractivity (Wildman–Crippen MR) is 65.5 cm³/mol. The van der Waals surface area contributed by atoms with Gasteiger partial charge in [0.15, 0.2) is 0 Å². The summed E-state index contributed by atoms with van der Waals surface area (Å²) >= 11 is 0. The minimum Gasteiger partial charge on any atom is -0.481 e. The summed E-state index contributed by atoms with van der Waals surface area (Å²) in [5.41, 5.74) is 0. The molecule has 0 radical (unpaired) electrons. The lowest BCUT2D eigenvalue weighted by atomic mass is 10.1. The van der Waals surface area contributed by atoms with Gasteiger partial charge in [-0.25, -0.2) is 13.1 Å². The second kappa shape index (κ2) is 6.46. The Balaban J connectivity index is 2.50. The molecule has 7 heteroatoms. The van der Waals surface area contributed by atoms with E-state index >= 15 is 0 Å². The van der Waals surface area contributed by atoms with Crippen molar-refractivity contribution in [1.82, 2.24) is 9.71 Å². The molecule has 0 aromatic carbocycles. The van der Waals surface area contributed by atoms with Crippen molar-refractivity contribution in [1.29, 1.82) is 0 Å². The molecule has 1 heterocycles. The van der Waals surface area contributed by atoms with E-state index in [9.17, 15) is 13.2 Å². The lowest BCUT2D eigenvalue weighted by molar-refractivity contribution is -0.137. The van der Waals surface area contributed by atoms with Crippen LogP contribution in [0.25, 0.3) is 0 Å². The summed E-state index contributed by atoms with van der Waals surface area (Å²) in [7, 11) is -3.55. The molecule has 0 fully saturated rings. The van der Waals surface area contributed by atoms with Gasteiger partial charge in [-0.1, -0.05) is 6.92 Å². The second-order valence-corrected chi connectivity index (χ2v) is 5.85. The molecule has 1 unspecified atom stereocenters. The van der Waals surface area contributed by atoms with E-state index in [4.69, 9.17) is 5.11 Å². The Kier molecular flexibility index (Phi) is 5.24. The van der Waals surface area contributed by atoms with Crippen molar-refractivity contribution >= 4 is 16.0 Å². The Morgan fingerprint density at radius 2 is 2.28 bits per heavy atom. The van der Waals surface area contributed by atoms with Gasteiger partial charge in [0.25, 0.3) is 0 Å². The van der Waals surface area contributed by atoms with Crippen molar-refractivity contribution in [2.24, 2.45) is 5.92 Å². The van der Waals surface area contributed by atoms with Gasteiger partial charge >= 0.3 is 5.97 Å². The Morgan fingerprint density at radius 3 is 2.83 bits per heavy atom. The minimum atomic E-state index is -3.55. The molecule has 0 saturated heterocycles. The predicted octanol–water partition coefficient (Wildman–Crippen LogP) is 0.861. The number of carbonyl (C=O) groups is 1. The molecule has 0 saturated carbocycles. The Morgan fingerprint density at radius 1 is 1.56 bits per heavy atom.